The van der Waals surface area contributed by atoms with Crippen LogP contribution < -0.4 is 5.56 Å². The summed E-state index contributed by atoms with van der Waals surface area (Å²) in [6.45, 7) is 1.71. The Balaban J connectivity index is 2.21. The molecule has 29 heavy (non-hydrogen) atoms. The fourth-order valence-electron chi connectivity index (χ4n) is 2.80. The van der Waals surface area contributed by atoms with Gasteiger partial charge in [-0.2, -0.15) is 18.4 Å². The van der Waals surface area contributed by atoms with E-state index in [0.29, 0.717) is 5.56 Å². The molecule has 5 nitrogen and oxygen atoms in total. The van der Waals surface area contributed by atoms with Gasteiger partial charge in [-0.05, 0) is 43.3 Å². The van der Waals surface area contributed by atoms with Crippen LogP contribution in [0.3, 0.4) is 0 Å². The molecule has 0 spiro atoms. The van der Waals surface area contributed by atoms with E-state index in [2.05, 4.69) is 0 Å². The van der Waals surface area contributed by atoms with Crippen LogP contribution >= 0.6 is 0 Å². The number of aryl methyl sites for hydroxylation is 1. The van der Waals surface area contributed by atoms with Crippen LogP contribution in [0.2, 0.25) is 0 Å². The van der Waals surface area contributed by atoms with Crippen molar-refractivity contribution < 1.29 is 23.1 Å². The van der Waals surface area contributed by atoms with Crippen molar-refractivity contribution >= 4 is 5.78 Å². The topological polar surface area (TPSA) is 83.1 Å². The average Bonchev–Trinajstić information content (AvgIpc) is 2.69. The van der Waals surface area contributed by atoms with Gasteiger partial charge in [0.25, 0.3) is 5.56 Å². The minimum atomic E-state index is -4.63. The van der Waals surface area contributed by atoms with Gasteiger partial charge in [0.1, 0.15) is 17.4 Å². The molecule has 0 atom stereocenters. The summed E-state index contributed by atoms with van der Waals surface area (Å²) in [5.74, 6) is -0.973. The van der Waals surface area contributed by atoms with Crippen LogP contribution in [0.15, 0.2) is 59.5 Å². The molecule has 0 saturated heterocycles. The minimum absolute atomic E-state index is 0.0527. The molecule has 2 aromatic carbocycles. The predicted octanol–water partition coefficient (Wildman–Crippen LogP) is 3.97. The molecule has 0 amide bonds. The van der Waals surface area contributed by atoms with Crippen molar-refractivity contribution in [1.29, 1.82) is 5.26 Å². The highest BCUT2D eigenvalue weighted by Crippen LogP contribution is 2.30. The first-order chi connectivity index (χ1) is 13.6. The van der Waals surface area contributed by atoms with Gasteiger partial charge in [0.2, 0.25) is 0 Å². The molecule has 1 aromatic heterocycles. The van der Waals surface area contributed by atoms with Crippen LogP contribution in [-0.4, -0.2) is 15.5 Å². The van der Waals surface area contributed by atoms with Gasteiger partial charge >= 0.3 is 6.18 Å². The number of rotatable bonds is 3. The van der Waals surface area contributed by atoms with E-state index in [1.54, 1.807) is 19.1 Å². The summed E-state index contributed by atoms with van der Waals surface area (Å²) in [4.78, 5) is 25.3. The molecule has 1 N–H and O–H groups in total. The summed E-state index contributed by atoms with van der Waals surface area (Å²) >= 11 is 0. The average molecular weight is 398 g/mol. The highest BCUT2D eigenvalue weighted by Gasteiger charge is 2.30. The maximum Gasteiger partial charge on any atom is 0.416 e. The third-order valence-electron chi connectivity index (χ3n) is 4.25. The third-order valence-corrected chi connectivity index (χ3v) is 4.25. The molecule has 0 aliphatic carbocycles. The van der Waals surface area contributed by atoms with Gasteiger partial charge in [-0.3, -0.25) is 14.2 Å². The Bertz CT molecular complexity index is 1220. The van der Waals surface area contributed by atoms with Gasteiger partial charge in [-0.1, -0.05) is 17.7 Å². The van der Waals surface area contributed by atoms with Gasteiger partial charge < -0.3 is 5.11 Å². The number of phenolic OH excluding ortho intramolecular Hbond substituents is 1. The van der Waals surface area contributed by atoms with Crippen molar-refractivity contribution in [2.24, 2.45) is 0 Å². The van der Waals surface area contributed by atoms with Gasteiger partial charge in [-0.25, -0.2) is 0 Å². The molecule has 1 heterocycles. The zero-order valence-corrected chi connectivity index (χ0v) is 15.0. The number of nitrogens with zero attached hydrogens (tertiary/aromatic N) is 2. The Kier molecular flexibility index (Phi) is 4.99. The molecule has 0 radical (unpaired) electrons. The first-order valence-corrected chi connectivity index (χ1v) is 8.30. The van der Waals surface area contributed by atoms with E-state index in [9.17, 15) is 33.1 Å². The van der Waals surface area contributed by atoms with Crippen LogP contribution in [0.1, 0.15) is 32.6 Å². The quantitative estimate of drug-likeness (QED) is 0.677. The molecular formula is C21H13F3N2O3. The van der Waals surface area contributed by atoms with E-state index in [0.717, 1.165) is 35.0 Å². The summed E-state index contributed by atoms with van der Waals surface area (Å²) in [5, 5.41) is 19.2. The maximum atomic E-state index is 13.0. The number of alkyl halides is 3. The number of aromatic nitrogens is 1. The number of aromatic hydroxyl groups is 1. The largest absolute Gasteiger partial charge is 0.507 e. The Morgan fingerprint density at radius 1 is 1.14 bits per heavy atom. The Labute approximate surface area is 162 Å². The zero-order chi connectivity index (χ0) is 21.3. The molecule has 0 saturated carbocycles. The highest BCUT2D eigenvalue weighted by atomic mass is 19.4. The van der Waals surface area contributed by atoms with E-state index in [1.165, 1.54) is 18.2 Å². The predicted molar refractivity (Wildman–Crippen MR) is 98.0 cm³/mol. The summed E-state index contributed by atoms with van der Waals surface area (Å²) in [6, 6.07) is 11.0. The number of halogens is 3. The van der Waals surface area contributed by atoms with E-state index < -0.39 is 28.6 Å². The molecule has 0 unspecified atom stereocenters. The second-order valence-electron chi connectivity index (χ2n) is 6.33. The molecular weight excluding hydrogens is 385 g/mol. The number of hydrogen-bond donors (Lipinski definition) is 1. The molecule has 146 valence electrons. The molecule has 0 fully saturated rings. The Hall–Kier alpha value is -3.86. The number of nitriles is 1. The second-order valence-corrected chi connectivity index (χ2v) is 6.33. The third kappa shape index (κ3) is 3.89. The molecule has 3 rings (SSSR count). The van der Waals surface area contributed by atoms with Gasteiger partial charge in [0.05, 0.1) is 11.1 Å². The lowest BCUT2D eigenvalue weighted by Gasteiger charge is -2.12. The number of benzene rings is 2. The van der Waals surface area contributed by atoms with Crippen molar-refractivity contribution in [1.82, 2.24) is 4.57 Å². The summed E-state index contributed by atoms with van der Waals surface area (Å²) in [7, 11) is 0. The summed E-state index contributed by atoms with van der Waals surface area (Å²) in [6.07, 6.45) is -3.57. The summed E-state index contributed by atoms with van der Waals surface area (Å²) < 4.78 is 39.9. The van der Waals surface area contributed by atoms with Crippen molar-refractivity contribution in [3.8, 4) is 17.5 Å². The van der Waals surface area contributed by atoms with Crippen LogP contribution in [0.4, 0.5) is 13.2 Å². The number of phenols is 1. The molecule has 0 aliphatic rings. The summed E-state index contributed by atoms with van der Waals surface area (Å²) in [5.41, 5.74) is -1.89. The zero-order valence-electron chi connectivity index (χ0n) is 15.0. The number of hydrogen-bond acceptors (Lipinski definition) is 4. The first kappa shape index (κ1) is 19.9. The molecule has 3 aromatic rings. The second kappa shape index (κ2) is 7.28. The number of ketones is 1. The Morgan fingerprint density at radius 3 is 2.52 bits per heavy atom. The fraction of sp³-hybridized carbons (Fsp3) is 0.0952. The van der Waals surface area contributed by atoms with Crippen LogP contribution in [0, 0.1) is 18.3 Å². The smallest absolute Gasteiger partial charge is 0.416 e. The lowest BCUT2D eigenvalue weighted by Crippen LogP contribution is -2.23. The minimum Gasteiger partial charge on any atom is -0.507 e. The van der Waals surface area contributed by atoms with Gasteiger partial charge in [-0.15, -0.1) is 0 Å². The van der Waals surface area contributed by atoms with Crippen LogP contribution in [0.5, 0.6) is 5.75 Å². The fourth-order valence-corrected chi connectivity index (χ4v) is 2.80. The highest BCUT2D eigenvalue weighted by molar-refractivity contribution is 6.10. The van der Waals surface area contributed by atoms with Crippen molar-refractivity contribution in [2.45, 2.75) is 13.1 Å². The van der Waals surface area contributed by atoms with E-state index in [-0.39, 0.29) is 22.6 Å². The lowest BCUT2D eigenvalue weighted by atomic mass is 10.0. The van der Waals surface area contributed by atoms with Crippen molar-refractivity contribution in [3.63, 3.8) is 0 Å². The Morgan fingerprint density at radius 2 is 1.86 bits per heavy atom. The van der Waals surface area contributed by atoms with Crippen LogP contribution in [0.25, 0.3) is 5.69 Å². The van der Waals surface area contributed by atoms with Crippen molar-refractivity contribution in [3.05, 3.63) is 92.9 Å². The number of carbonyl (C=O) groups is 1. The van der Waals surface area contributed by atoms with E-state index in [1.807, 2.05) is 0 Å². The number of pyridine rings is 1. The first-order valence-electron chi connectivity index (χ1n) is 8.30. The van der Waals surface area contributed by atoms with Crippen molar-refractivity contribution in [2.75, 3.05) is 0 Å². The molecule has 0 bridgehead atoms. The maximum absolute atomic E-state index is 13.0. The SMILES string of the molecule is Cc1ccc(O)c(C(=O)c2cc(C#N)c(=O)n(-c3cccc(C(F)(F)F)c3)c2)c1. The standard InChI is InChI=1S/C21H13F3N2O3/c1-12-5-6-18(27)17(7-12)19(28)14-8-13(10-25)20(29)26(11-14)16-4-2-3-15(9-16)21(22,23)24/h2-9,11,27H,1H3. The molecule has 0 aliphatic heterocycles. The number of carbonyl (C=O) groups excluding carboxylic acids is 1. The van der Waals surface area contributed by atoms with E-state index in [4.69, 9.17) is 0 Å². The van der Waals surface area contributed by atoms with Gasteiger partial charge in [0.15, 0.2) is 5.78 Å². The molecule has 8 heteroatoms. The van der Waals surface area contributed by atoms with Crippen LogP contribution in [-0.2, 0) is 6.18 Å². The lowest BCUT2D eigenvalue weighted by molar-refractivity contribution is -0.137. The van der Waals surface area contributed by atoms with E-state index >= 15 is 0 Å². The normalized spacial score (nSPS) is 11.1. The van der Waals surface area contributed by atoms with Gasteiger partial charge in [0, 0.05) is 17.4 Å². The monoisotopic (exact) mass is 398 g/mol.